The van der Waals surface area contributed by atoms with Gasteiger partial charge in [-0.15, -0.1) is 0 Å². The summed E-state index contributed by atoms with van der Waals surface area (Å²) in [7, 11) is 0. The summed E-state index contributed by atoms with van der Waals surface area (Å²) in [6.45, 7) is 1.50. The average Bonchev–Trinajstić information content (AvgIpc) is 2.56. The molecular weight excluding hydrogens is 394 g/mol. The highest BCUT2D eigenvalue weighted by Crippen LogP contribution is 2.21. The highest BCUT2D eigenvalue weighted by atomic mass is 79.9. The van der Waals surface area contributed by atoms with E-state index in [0.717, 1.165) is 10.0 Å². The monoisotopic (exact) mass is 407 g/mol. The summed E-state index contributed by atoms with van der Waals surface area (Å²) >= 11 is 9.36. The van der Waals surface area contributed by atoms with Crippen molar-refractivity contribution in [1.82, 2.24) is 0 Å². The zero-order valence-corrected chi connectivity index (χ0v) is 15.2. The van der Waals surface area contributed by atoms with Gasteiger partial charge in [-0.2, -0.15) is 0 Å². The molecule has 2 aromatic carbocycles. The van der Waals surface area contributed by atoms with Gasteiger partial charge in [-0.05, 0) is 36.8 Å². The van der Waals surface area contributed by atoms with Gasteiger partial charge in [0.2, 0.25) is 0 Å². The second-order valence-electron chi connectivity index (χ2n) is 4.90. The maximum absolute atomic E-state index is 12.0. The number of ether oxygens (including phenoxy) is 1. The molecule has 1 atom stereocenters. The molecule has 124 valence electrons. The second-order valence-corrected chi connectivity index (χ2v) is 6.16. The molecule has 2 aromatic rings. The van der Waals surface area contributed by atoms with Crippen molar-refractivity contribution in [2.45, 2.75) is 13.0 Å². The first-order chi connectivity index (χ1) is 11.5. The molecule has 0 heterocycles. The summed E-state index contributed by atoms with van der Waals surface area (Å²) < 4.78 is 5.95. The van der Waals surface area contributed by atoms with Gasteiger partial charge in [-0.3, -0.25) is 4.79 Å². The Balaban J connectivity index is 1.92. The molecule has 0 saturated heterocycles. The smallest absolute Gasteiger partial charge is 0.331 e. The van der Waals surface area contributed by atoms with Gasteiger partial charge in [0.05, 0.1) is 10.7 Å². The molecule has 1 amide bonds. The minimum Gasteiger partial charge on any atom is -0.449 e. The largest absolute Gasteiger partial charge is 0.449 e. The molecule has 6 heteroatoms. The lowest BCUT2D eigenvalue weighted by atomic mass is 10.2. The van der Waals surface area contributed by atoms with E-state index in [1.807, 2.05) is 24.3 Å². The SMILES string of the molecule is C[C@H](OC(=O)/C=C/c1ccccc1Br)C(=O)Nc1ccccc1Cl. The van der Waals surface area contributed by atoms with E-state index in [-0.39, 0.29) is 0 Å². The van der Waals surface area contributed by atoms with Crippen LogP contribution in [0.25, 0.3) is 6.08 Å². The number of para-hydroxylation sites is 1. The van der Waals surface area contributed by atoms with Gasteiger partial charge in [-0.25, -0.2) is 4.79 Å². The molecule has 24 heavy (non-hydrogen) atoms. The number of halogens is 2. The first-order valence-corrected chi connectivity index (χ1v) is 8.33. The Morgan fingerprint density at radius 3 is 2.54 bits per heavy atom. The number of hydrogen-bond acceptors (Lipinski definition) is 3. The minimum atomic E-state index is -0.947. The predicted molar refractivity (Wildman–Crippen MR) is 98.8 cm³/mol. The fourth-order valence-corrected chi connectivity index (χ4v) is 2.43. The number of hydrogen-bond donors (Lipinski definition) is 1. The molecule has 0 radical (unpaired) electrons. The van der Waals surface area contributed by atoms with Crippen molar-refractivity contribution in [1.29, 1.82) is 0 Å². The van der Waals surface area contributed by atoms with E-state index in [1.54, 1.807) is 30.3 Å². The predicted octanol–water partition coefficient (Wildman–Crippen LogP) is 4.69. The molecule has 0 aliphatic rings. The van der Waals surface area contributed by atoms with Crippen molar-refractivity contribution < 1.29 is 14.3 Å². The highest BCUT2D eigenvalue weighted by molar-refractivity contribution is 9.10. The quantitative estimate of drug-likeness (QED) is 0.577. The van der Waals surface area contributed by atoms with Crippen LogP contribution in [0.4, 0.5) is 5.69 Å². The number of nitrogens with one attached hydrogen (secondary N) is 1. The van der Waals surface area contributed by atoms with E-state index in [2.05, 4.69) is 21.2 Å². The molecule has 0 bridgehead atoms. The van der Waals surface area contributed by atoms with Crippen molar-refractivity contribution in [2.24, 2.45) is 0 Å². The third kappa shape index (κ3) is 5.22. The number of amides is 1. The molecule has 0 aromatic heterocycles. The van der Waals surface area contributed by atoms with Gasteiger partial charge in [0, 0.05) is 10.5 Å². The second kappa shape index (κ2) is 8.66. The van der Waals surface area contributed by atoms with Crippen LogP contribution in [0.2, 0.25) is 5.02 Å². The molecule has 0 fully saturated rings. The number of esters is 1. The van der Waals surface area contributed by atoms with E-state index >= 15 is 0 Å². The first-order valence-electron chi connectivity index (χ1n) is 7.16. The zero-order valence-electron chi connectivity index (χ0n) is 12.8. The fourth-order valence-electron chi connectivity index (χ4n) is 1.83. The lowest BCUT2D eigenvalue weighted by molar-refractivity contribution is -0.148. The zero-order chi connectivity index (χ0) is 17.5. The molecule has 0 aliphatic heterocycles. The van der Waals surface area contributed by atoms with Crippen LogP contribution in [0.1, 0.15) is 12.5 Å². The Bertz CT molecular complexity index is 776. The third-order valence-electron chi connectivity index (χ3n) is 3.10. The normalized spacial score (nSPS) is 12.0. The molecule has 1 N–H and O–H groups in total. The van der Waals surface area contributed by atoms with Crippen LogP contribution in [-0.4, -0.2) is 18.0 Å². The van der Waals surface area contributed by atoms with Crippen LogP contribution in [0, 0.1) is 0 Å². The summed E-state index contributed by atoms with van der Waals surface area (Å²) in [6, 6.07) is 14.3. The molecule has 4 nitrogen and oxygen atoms in total. The van der Waals surface area contributed by atoms with Crippen molar-refractivity contribution in [3.8, 4) is 0 Å². The standard InChI is InChI=1S/C18H15BrClNO3/c1-12(18(23)21-16-9-5-4-8-15(16)20)24-17(22)11-10-13-6-2-3-7-14(13)19/h2-12H,1H3,(H,21,23)/b11-10+/t12-/m0/s1. The summed E-state index contributed by atoms with van der Waals surface area (Å²) in [5, 5.41) is 3.03. The molecule has 0 unspecified atom stereocenters. The van der Waals surface area contributed by atoms with Gasteiger partial charge in [0.25, 0.3) is 5.91 Å². The van der Waals surface area contributed by atoms with Crippen LogP contribution in [-0.2, 0) is 14.3 Å². The van der Waals surface area contributed by atoms with Crippen LogP contribution in [0.3, 0.4) is 0 Å². The summed E-state index contributed by atoms with van der Waals surface area (Å²) in [4.78, 5) is 23.9. The Hall–Kier alpha value is -2.11. The van der Waals surface area contributed by atoms with E-state index in [9.17, 15) is 9.59 Å². The topological polar surface area (TPSA) is 55.4 Å². The van der Waals surface area contributed by atoms with Crippen LogP contribution in [0.15, 0.2) is 59.1 Å². The van der Waals surface area contributed by atoms with Crippen molar-refractivity contribution in [3.63, 3.8) is 0 Å². The van der Waals surface area contributed by atoms with E-state index < -0.39 is 18.0 Å². The number of carbonyl (C=O) groups excluding carboxylic acids is 2. The van der Waals surface area contributed by atoms with Crippen molar-refractivity contribution in [3.05, 3.63) is 69.7 Å². The van der Waals surface area contributed by atoms with Gasteiger partial charge >= 0.3 is 5.97 Å². The maximum Gasteiger partial charge on any atom is 0.331 e. The number of anilines is 1. The summed E-state index contributed by atoms with van der Waals surface area (Å²) in [5.74, 6) is -1.06. The third-order valence-corrected chi connectivity index (χ3v) is 4.15. The Labute approximate surface area is 153 Å². The highest BCUT2D eigenvalue weighted by Gasteiger charge is 2.17. The van der Waals surface area contributed by atoms with Crippen LogP contribution >= 0.6 is 27.5 Å². The van der Waals surface area contributed by atoms with Gasteiger partial charge < -0.3 is 10.1 Å². The Kier molecular flexibility index (Phi) is 6.58. The number of rotatable bonds is 5. The molecule has 0 saturated carbocycles. The van der Waals surface area contributed by atoms with Crippen LogP contribution < -0.4 is 5.32 Å². The first kappa shape index (κ1) is 18.2. The lowest BCUT2D eigenvalue weighted by Gasteiger charge is -2.13. The van der Waals surface area contributed by atoms with Crippen molar-refractivity contribution in [2.75, 3.05) is 5.32 Å². The molecular formula is C18H15BrClNO3. The molecule has 0 spiro atoms. The lowest BCUT2D eigenvalue weighted by Crippen LogP contribution is -2.29. The van der Waals surface area contributed by atoms with Gasteiger partial charge in [0.1, 0.15) is 0 Å². The average molecular weight is 409 g/mol. The van der Waals surface area contributed by atoms with E-state index in [1.165, 1.54) is 13.0 Å². The van der Waals surface area contributed by atoms with E-state index in [0.29, 0.717) is 10.7 Å². The Morgan fingerprint density at radius 1 is 1.17 bits per heavy atom. The maximum atomic E-state index is 12.0. The fraction of sp³-hybridized carbons (Fsp3) is 0.111. The number of benzene rings is 2. The van der Waals surface area contributed by atoms with Gasteiger partial charge in [-0.1, -0.05) is 57.9 Å². The van der Waals surface area contributed by atoms with E-state index in [4.69, 9.17) is 16.3 Å². The molecule has 0 aliphatic carbocycles. The minimum absolute atomic E-state index is 0.415. The summed E-state index contributed by atoms with van der Waals surface area (Å²) in [6.07, 6.45) is 1.95. The van der Waals surface area contributed by atoms with Crippen LogP contribution in [0.5, 0.6) is 0 Å². The van der Waals surface area contributed by atoms with Gasteiger partial charge in [0.15, 0.2) is 6.10 Å². The number of carbonyl (C=O) groups is 2. The molecule has 2 rings (SSSR count). The summed E-state index contributed by atoms with van der Waals surface area (Å²) in [5.41, 5.74) is 1.30. The Morgan fingerprint density at radius 2 is 1.83 bits per heavy atom. The van der Waals surface area contributed by atoms with Crippen molar-refractivity contribution >= 4 is 51.2 Å².